The summed E-state index contributed by atoms with van der Waals surface area (Å²) in [5, 5.41) is 0. The SMILES string of the molecule is CCCCCC[C@H]1C[C@H](CC)O[C@@H](C)O1. The molecule has 0 aromatic carbocycles. The van der Waals surface area contributed by atoms with Gasteiger partial charge in [-0.25, -0.2) is 0 Å². The number of ether oxygens (including phenoxy) is 2. The van der Waals surface area contributed by atoms with Crippen molar-refractivity contribution in [3.05, 3.63) is 0 Å². The van der Waals surface area contributed by atoms with Gasteiger partial charge in [0.05, 0.1) is 12.2 Å². The third-order valence-electron chi connectivity index (χ3n) is 3.13. The van der Waals surface area contributed by atoms with Gasteiger partial charge in [0.15, 0.2) is 6.29 Å². The molecule has 0 aromatic heterocycles. The van der Waals surface area contributed by atoms with Gasteiger partial charge in [-0.2, -0.15) is 0 Å². The van der Waals surface area contributed by atoms with Crippen molar-refractivity contribution < 1.29 is 9.47 Å². The Morgan fingerprint density at radius 3 is 2.40 bits per heavy atom. The highest BCUT2D eigenvalue weighted by molar-refractivity contribution is 4.70. The molecule has 15 heavy (non-hydrogen) atoms. The van der Waals surface area contributed by atoms with Gasteiger partial charge in [0, 0.05) is 0 Å². The zero-order chi connectivity index (χ0) is 11.1. The Labute approximate surface area is 94.3 Å². The zero-order valence-corrected chi connectivity index (χ0v) is 10.5. The molecule has 1 fully saturated rings. The number of unbranched alkanes of at least 4 members (excludes halogenated alkanes) is 3. The van der Waals surface area contributed by atoms with E-state index in [1.165, 1.54) is 32.1 Å². The molecule has 1 rings (SSSR count). The largest absolute Gasteiger partial charge is 0.350 e. The highest BCUT2D eigenvalue weighted by atomic mass is 16.7. The maximum Gasteiger partial charge on any atom is 0.155 e. The number of hydrogen-bond acceptors (Lipinski definition) is 2. The molecule has 1 saturated heterocycles. The molecule has 0 spiro atoms. The first kappa shape index (κ1) is 13.0. The van der Waals surface area contributed by atoms with Crippen molar-refractivity contribution in [3.8, 4) is 0 Å². The Hall–Kier alpha value is -0.0800. The van der Waals surface area contributed by atoms with E-state index in [0.717, 1.165) is 12.8 Å². The van der Waals surface area contributed by atoms with Crippen LogP contribution in [0.1, 0.15) is 65.7 Å². The summed E-state index contributed by atoms with van der Waals surface area (Å²) in [6, 6.07) is 0. The van der Waals surface area contributed by atoms with Crippen molar-refractivity contribution in [1.29, 1.82) is 0 Å². The highest BCUT2D eigenvalue weighted by Crippen LogP contribution is 2.24. The molecule has 2 heteroatoms. The van der Waals surface area contributed by atoms with E-state index in [9.17, 15) is 0 Å². The van der Waals surface area contributed by atoms with Gasteiger partial charge in [-0.3, -0.25) is 0 Å². The van der Waals surface area contributed by atoms with Crippen molar-refractivity contribution in [2.24, 2.45) is 0 Å². The molecule has 0 radical (unpaired) electrons. The maximum atomic E-state index is 5.78. The summed E-state index contributed by atoms with van der Waals surface area (Å²) in [5.74, 6) is 0. The van der Waals surface area contributed by atoms with Crippen LogP contribution in [-0.4, -0.2) is 18.5 Å². The Morgan fingerprint density at radius 1 is 1.00 bits per heavy atom. The minimum atomic E-state index is -0.000116. The normalized spacial score (nSPS) is 31.8. The lowest BCUT2D eigenvalue weighted by molar-refractivity contribution is -0.235. The lowest BCUT2D eigenvalue weighted by atomic mass is 10.0. The van der Waals surface area contributed by atoms with E-state index in [1.54, 1.807) is 0 Å². The third kappa shape index (κ3) is 4.98. The molecular weight excluding hydrogens is 188 g/mol. The van der Waals surface area contributed by atoms with E-state index in [0.29, 0.717) is 12.2 Å². The minimum absolute atomic E-state index is 0.000116. The fourth-order valence-electron chi connectivity index (χ4n) is 2.23. The second-order valence-corrected chi connectivity index (χ2v) is 4.58. The highest BCUT2D eigenvalue weighted by Gasteiger charge is 2.25. The summed E-state index contributed by atoms with van der Waals surface area (Å²) < 4.78 is 11.4. The Balaban J connectivity index is 2.16. The molecule has 1 aliphatic rings. The van der Waals surface area contributed by atoms with E-state index >= 15 is 0 Å². The predicted molar refractivity (Wildman–Crippen MR) is 62.9 cm³/mol. The van der Waals surface area contributed by atoms with E-state index in [-0.39, 0.29) is 6.29 Å². The fourth-order valence-corrected chi connectivity index (χ4v) is 2.23. The van der Waals surface area contributed by atoms with Crippen molar-refractivity contribution in [3.63, 3.8) is 0 Å². The summed E-state index contributed by atoms with van der Waals surface area (Å²) in [6.45, 7) is 6.46. The molecule has 0 N–H and O–H groups in total. The summed E-state index contributed by atoms with van der Waals surface area (Å²) in [7, 11) is 0. The van der Waals surface area contributed by atoms with Crippen LogP contribution in [0.5, 0.6) is 0 Å². The Bertz CT molecular complexity index is 159. The van der Waals surface area contributed by atoms with Crippen LogP contribution in [0, 0.1) is 0 Å². The smallest absolute Gasteiger partial charge is 0.155 e. The van der Waals surface area contributed by atoms with Crippen LogP contribution in [0.25, 0.3) is 0 Å². The van der Waals surface area contributed by atoms with Crippen molar-refractivity contribution in [1.82, 2.24) is 0 Å². The van der Waals surface area contributed by atoms with Gasteiger partial charge in [-0.1, -0.05) is 39.5 Å². The lowest BCUT2D eigenvalue weighted by Gasteiger charge is -2.33. The molecule has 0 aromatic rings. The van der Waals surface area contributed by atoms with Gasteiger partial charge in [0.1, 0.15) is 0 Å². The molecule has 0 saturated carbocycles. The molecule has 1 heterocycles. The average Bonchev–Trinajstić information content (AvgIpc) is 2.23. The summed E-state index contributed by atoms with van der Waals surface area (Å²) in [5.41, 5.74) is 0. The first-order valence-corrected chi connectivity index (χ1v) is 6.57. The second-order valence-electron chi connectivity index (χ2n) is 4.58. The monoisotopic (exact) mass is 214 g/mol. The van der Waals surface area contributed by atoms with Crippen LogP contribution in [0.15, 0.2) is 0 Å². The lowest BCUT2D eigenvalue weighted by Crippen LogP contribution is -2.36. The molecule has 1 aliphatic heterocycles. The minimum Gasteiger partial charge on any atom is -0.350 e. The van der Waals surface area contributed by atoms with Gasteiger partial charge >= 0.3 is 0 Å². The molecule has 2 nitrogen and oxygen atoms in total. The van der Waals surface area contributed by atoms with E-state index < -0.39 is 0 Å². The van der Waals surface area contributed by atoms with Crippen LogP contribution < -0.4 is 0 Å². The predicted octanol–water partition coefficient (Wildman–Crippen LogP) is 3.89. The Morgan fingerprint density at radius 2 is 1.73 bits per heavy atom. The van der Waals surface area contributed by atoms with Crippen LogP contribution >= 0.6 is 0 Å². The quantitative estimate of drug-likeness (QED) is 0.625. The van der Waals surface area contributed by atoms with Crippen LogP contribution in [0.3, 0.4) is 0 Å². The van der Waals surface area contributed by atoms with Crippen LogP contribution in [-0.2, 0) is 9.47 Å². The topological polar surface area (TPSA) is 18.5 Å². The standard InChI is InChI=1S/C13H26O2/c1-4-6-7-8-9-13-10-12(5-2)14-11(3)15-13/h11-13H,4-10H2,1-3H3/t11-,12+,13+/m1/s1. The summed E-state index contributed by atoms with van der Waals surface area (Å²) in [4.78, 5) is 0. The summed E-state index contributed by atoms with van der Waals surface area (Å²) in [6.07, 6.45) is 9.60. The number of hydrogen-bond donors (Lipinski definition) is 0. The van der Waals surface area contributed by atoms with E-state index in [4.69, 9.17) is 9.47 Å². The molecule has 0 aliphatic carbocycles. The Kier molecular flexibility index (Phi) is 6.26. The van der Waals surface area contributed by atoms with Gasteiger partial charge < -0.3 is 9.47 Å². The molecule has 3 atom stereocenters. The van der Waals surface area contributed by atoms with Gasteiger partial charge in [0.2, 0.25) is 0 Å². The van der Waals surface area contributed by atoms with Crippen molar-refractivity contribution in [2.75, 3.05) is 0 Å². The molecular formula is C13H26O2. The van der Waals surface area contributed by atoms with E-state index in [1.807, 2.05) is 6.92 Å². The fraction of sp³-hybridized carbons (Fsp3) is 1.00. The first-order chi connectivity index (χ1) is 7.26. The van der Waals surface area contributed by atoms with Gasteiger partial charge in [0.25, 0.3) is 0 Å². The maximum absolute atomic E-state index is 5.78. The van der Waals surface area contributed by atoms with Crippen molar-refractivity contribution >= 4 is 0 Å². The molecule has 0 amide bonds. The molecule has 0 bridgehead atoms. The average molecular weight is 214 g/mol. The van der Waals surface area contributed by atoms with Gasteiger partial charge in [-0.15, -0.1) is 0 Å². The van der Waals surface area contributed by atoms with Crippen LogP contribution in [0.4, 0.5) is 0 Å². The van der Waals surface area contributed by atoms with Gasteiger partial charge in [-0.05, 0) is 26.2 Å². The summed E-state index contributed by atoms with van der Waals surface area (Å²) >= 11 is 0. The first-order valence-electron chi connectivity index (χ1n) is 6.57. The van der Waals surface area contributed by atoms with Crippen molar-refractivity contribution in [2.45, 2.75) is 84.2 Å². The molecule has 0 unspecified atom stereocenters. The van der Waals surface area contributed by atoms with Crippen LogP contribution in [0.2, 0.25) is 0 Å². The zero-order valence-electron chi connectivity index (χ0n) is 10.5. The van der Waals surface area contributed by atoms with E-state index in [2.05, 4.69) is 13.8 Å². The third-order valence-corrected chi connectivity index (χ3v) is 3.13. The second kappa shape index (κ2) is 7.24. The number of rotatable bonds is 6. The molecule has 90 valence electrons.